The van der Waals surface area contributed by atoms with Crippen LogP contribution < -0.4 is 5.32 Å². The van der Waals surface area contributed by atoms with Gasteiger partial charge < -0.3 is 10.1 Å². The fraction of sp³-hybridized carbons (Fsp3) is 0.647. The minimum absolute atomic E-state index is 0.489. The summed E-state index contributed by atoms with van der Waals surface area (Å²) in [7, 11) is 0. The van der Waals surface area contributed by atoms with E-state index in [2.05, 4.69) is 49.5 Å². The molecule has 2 nitrogen and oxygen atoms in total. The predicted octanol–water partition coefficient (Wildman–Crippen LogP) is 3.79. The van der Waals surface area contributed by atoms with E-state index < -0.39 is 0 Å². The van der Waals surface area contributed by atoms with Gasteiger partial charge in [0.15, 0.2) is 0 Å². The SMILES string of the molecule is CC(C)CC(NCCC1CCOC1)c1ccccc1. The van der Waals surface area contributed by atoms with Crippen LogP contribution in [0.15, 0.2) is 30.3 Å². The molecule has 2 rings (SSSR count). The first-order valence-electron chi connectivity index (χ1n) is 7.61. The maximum absolute atomic E-state index is 5.44. The predicted molar refractivity (Wildman–Crippen MR) is 80.2 cm³/mol. The molecule has 2 heteroatoms. The van der Waals surface area contributed by atoms with Gasteiger partial charge in [-0.25, -0.2) is 0 Å². The lowest BCUT2D eigenvalue weighted by atomic mass is 9.96. The van der Waals surface area contributed by atoms with Crippen molar-refractivity contribution in [3.8, 4) is 0 Å². The van der Waals surface area contributed by atoms with Crippen molar-refractivity contribution in [1.82, 2.24) is 5.32 Å². The molecular weight excluding hydrogens is 234 g/mol. The third-order valence-electron chi connectivity index (χ3n) is 3.88. The van der Waals surface area contributed by atoms with Crippen LogP contribution in [0.1, 0.15) is 44.7 Å². The molecule has 1 N–H and O–H groups in total. The quantitative estimate of drug-likeness (QED) is 0.806. The summed E-state index contributed by atoms with van der Waals surface area (Å²) in [6, 6.07) is 11.3. The van der Waals surface area contributed by atoms with Crippen molar-refractivity contribution in [2.24, 2.45) is 11.8 Å². The fourth-order valence-electron chi connectivity index (χ4n) is 2.77. The number of benzene rings is 1. The largest absolute Gasteiger partial charge is 0.381 e. The maximum atomic E-state index is 5.44. The molecule has 0 saturated carbocycles. The van der Waals surface area contributed by atoms with Gasteiger partial charge in [-0.15, -0.1) is 0 Å². The summed E-state index contributed by atoms with van der Waals surface area (Å²) in [4.78, 5) is 0. The number of nitrogens with one attached hydrogen (secondary N) is 1. The molecule has 1 aromatic carbocycles. The van der Waals surface area contributed by atoms with Gasteiger partial charge >= 0.3 is 0 Å². The summed E-state index contributed by atoms with van der Waals surface area (Å²) in [5.41, 5.74) is 1.42. The van der Waals surface area contributed by atoms with Gasteiger partial charge in [-0.3, -0.25) is 0 Å². The lowest BCUT2D eigenvalue weighted by molar-refractivity contribution is 0.184. The Morgan fingerprint density at radius 3 is 2.68 bits per heavy atom. The lowest BCUT2D eigenvalue weighted by Crippen LogP contribution is -2.25. The maximum Gasteiger partial charge on any atom is 0.0495 e. The normalized spacial score (nSPS) is 20.9. The molecule has 1 aromatic rings. The lowest BCUT2D eigenvalue weighted by Gasteiger charge is -2.22. The Balaban J connectivity index is 1.83. The first-order chi connectivity index (χ1) is 9.25. The van der Waals surface area contributed by atoms with E-state index in [1.807, 2.05) is 0 Å². The highest BCUT2D eigenvalue weighted by atomic mass is 16.5. The Kier molecular flexibility index (Phi) is 5.87. The Morgan fingerprint density at radius 1 is 1.26 bits per heavy atom. The fourth-order valence-corrected chi connectivity index (χ4v) is 2.77. The van der Waals surface area contributed by atoms with Crippen LogP contribution in [0, 0.1) is 11.8 Å². The van der Waals surface area contributed by atoms with Crippen molar-refractivity contribution in [2.45, 2.75) is 39.2 Å². The minimum atomic E-state index is 0.489. The van der Waals surface area contributed by atoms with Crippen molar-refractivity contribution in [3.63, 3.8) is 0 Å². The zero-order valence-corrected chi connectivity index (χ0v) is 12.3. The van der Waals surface area contributed by atoms with E-state index in [1.54, 1.807) is 0 Å². The molecule has 19 heavy (non-hydrogen) atoms. The zero-order chi connectivity index (χ0) is 13.5. The molecule has 2 unspecified atom stereocenters. The van der Waals surface area contributed by atoms with Gasteiger partial charge in [0.2, 0.25) is 0 Å². The topological polar surface area (TPSA) is 21.3 Å². The van der Waals surface area contributed by atoms with Crippen LogP contribution in [-0.4, -0.2) is 19.8 Å². The molecule has 0 spiro atoms. The second kappa shape index (κ2) is 7.66. The molecule has 1 heterocycles. The Bertz CT molecular complexity index is 344. The van der Waals surface area contributed by atoms with Gasteiger partial charge in [-0.1, -0.05) is 44.2 Å². The van der Waals surface area contributed by atoms with Gasteiger partial charge in [-0.05, 0) is 43.2 Å². The summed E-state index contributed by atoms with van der Waals surface area (Å²) in [5, 5.41) is 3.74. The molecule has 1 fully saturated rings. The average molecular weight is 261 g/mol. The van der Waals surface area contributed by atoms with Crippen molar-refractivity contribution in [3.05, 3.63) is 35.9 Å². The van der Waals surface area contributed by atoms with Crippen molar-refractivity contribution < 1.29 is 4.74 Å². The molecule has 0 aliphatic carbocycles. The van der Waals surface area contributed by atoms with E-state index >= 15 is 0 Å². The molecule has 0 radical (unpaired) electrons. The molecule has 2 atom stereocenters. The van der Waals surface area contributed by atoms with Crippen LogP contribution in [-0.2, 0) is 4.74 Å². The highest BCUT2D eigenvalue weighted by Gasteiger charge is 2.17. The highest BCUT2D eigenvalue weighted by molar-refractivity contribution is 5.18. The second-order valence-electron chi connectivity index (χ2n) is 6.07. The highest BCUT2D eigenvalue weighted by Crippen LogP contribution is 2.22. The number of hydrogen-bond acceptors (Lipinski definition) is 2. The Morgan fingerprint density at radius 2 is 2.05 bits per heavy atom. The first-order valence-corrected chi connectivity index (χ1v) is 7.61. The van der Waals surface area contributed by atoms with Crippen LogP contribution in [0.3, 0.4) is 0 Å². The van der Waals surface area contributed by atoms with E-state index in [0.29, 0.717) is 12.0 Å². The molecule has 0 bridgehead atoms. The van der Waals surface area contributed by atoms with Crippen LogP contribution in [0.25, 0.3) is 0 Å². The number of ether oxygens (including phenoxy) is 1. The summed E-state index contributed by atoms with van der Waals surface area (Å²) >= 11 is 0. The van der Waals surface area contributed by atoms with Gasteiger partial charge in [0.1, 0.15) is 0 Å². The van der Waals surface area contributed by atoms with E-state index in [0.717, 1.165) is 25.7 Å². The van der Waals surface area contributed by atoms with Crippen LogP contribution >= 0.6 is 0 Å². The van der Waals surface area contributed by atoms with Crippen molar-refractivity contribution in [1.29, 1.82) is 0 Å². The number of rotatable bonds is 7. The summed E-state index contributed by atoms with van der Waals surface area (Å²) in [5.74, 6) is 1.48. The van der Waals surface area contributed by atoms with E-state index in [9.17, 15) is 0 Å². The first kappa shape index (κ1) is 14.5. The molecule has 0 amide bonds. The van der Waals surface area contributed by atoms with E-state index in [4.69, 9.17) is 4.74 Å². The summed E-state index contributed by atoms with van der Waals surface area (Å²) in [6.07, 6.45) is 3.68. The zero-order valence-electron chi connectivity index (χ0n) is 12.3. The number of hydrogen-bond donors (Lipinski definition) is 1. The molecule has 1 aliphatic heterocycles. The second-order valence-corrected chi connectivity index (χ2v) is 6.07. The van der Waals surface area contributed by atoms with Gasteiger partial charge in [0.25, 0.3) is 0 Å². The van der Waals surface area contributed by atoms with Crippen LogP contribution in [0.5, 0.6) is 0 Å². The van der Waals surface area contributed by atoms with Gasteiger partial charge in [-0.2, -0.15) is 0 Å². The Labute approximate surface area is 117 Å². The third-order valence-corrected chi connectivity index (χ3v) is 3.88. The molecule has 0 aromatic heterocycles. The standard InChI is InChI=1S/C17H27NO/c1-14(2)12-17(16-6-4-3-5-7-16)18-10-8-15-9-11-19-13-15/h3-7,14-15,17-18H,8-13H2,1-2H3. The monoisotopic (exact) mass is 261 g/mol. The van der Waals surface area contributed by atoms with Crippen LogP contribution in [0.4, 0.5) is 0 Å². The van der Waals surface area contributed by atoms with Gasteiger partial charge in [0.05, 0.1) is 0 Å². The van der Waals surface area contributed by atoms with E-state index in [-0.39, 0.29) is 0 Å². The molecular formula is C17H27NO. The molecule has 106 valence electrons. The summed E-state index contributed by atoms with van der Waals surface area (Å²) in [6.45, 7) is 7.60. The summed E-state index contributed by atoms with van der Waals surface area (Å²) < 4.78 is 5.44. The van der Waals surface area contributed by atoms with E-state index in [1.165, 1.54) is 24.8 Å². The molecule has 1 aliphatic rings. The van der Waals surface area contributed by atoms with Gasteiger partial charge in [0, 0.05) is 19.3 Å². The average Bonchev–Trinajstić information content (AvgIpc) is 2.91. The van der Waals surface area contributed by atoms with Crippen LogP contribution in [0.2, 0.25) is 0 Å². The Hall–Kier alpha value is -0.860. The molecule has 1 saturated heterocycles. The van der Waals surface area contributed by atoms with Crippen molar-refractivity contribution >= 4 is 0 Å². The minimum Gasteiger partial charge on any atom is -0.381 e. The van der Waals surface area contributed by atoms with Crippen molar-refractivity contribution in [2.75, 3.05) is 19.8 Å². The third kappa shape index (κ3) is 4.96. The smallest absolute Gasteiger partial charge is 0.0495 e.